The molecular formula is C22H26F3N7O3. The Labute approximate surface area is 199 Å². The monoisotopic (exact) mass is 493 g/mol. The SMILES string of the molecule is CC(C)(C)C(NC(=O)C(F)(F)F)C(=O)NC(CC1CC1)C(=O)NC(C#N)c1cncc2[nH]cnc12. The van der Waals surface area contributed by atoms with E-state index < -0.39 is 47.4 Å². The van der Waals surface area contributed by atoms with Crippen LogP contribution >= 0.6 is 0 Å². The lowest BCUT2D eigenvalue weighted by atomic mass is 9.85. The number of alkyl halides is 3. The van der Waals surface area contributed by atoms with Gasteiger partial charge in [0.1, 0.15) is 18.1 Å². The molecule has 3 atom stereocenters. The lowest BCUT2D eigenvalue weighted by Gasteiger charge is -2.32. The molecule has 13 heteroatoms. The van der Waals surface area contributed by atoms with Gasteiger partial charge in [0.2, 0.25) is 11.8 Å². The van der Waals surface area contributed by atoms with Crippen molar-refractivity contribution in [3.05, 3.63) is 24.3 Å². The van der Waals surface area contributed by atoms with Crippen LogP contribution in [0.4, 0.5) is 13.2 Å². The highest BCUT2D eigenvalue weighted by Crippen LogP contribution is 2.34. The molecule has 3 unspecified atom stereocenters. The molecule has 3 rings (SSSR count). The smallest absolute Gasteiger partial charge is 0.343 e. The van der Waals surface area contributed by atoms with E-state index in [1.165, 1.54) is 39.5 Å². The summed E-state index contributed by atoms with van der Waals surface area (Å²) in [6.07, 6.45) is 1.08. The zero-order chi connectivity index (χ0) is 26.0. The zero-order valence-electron chi connectivity index (χ0n) is 19.4. The number of fused-ring (bicyclic) bond motifs is 1. The number of aromatic nitrogens is 3. The first kappa shape index (κ1) is 25.9. The minimum Gasteiger partial charge on any atom is -0.343 e. The number of rotatable bonds is 8. The van der Waals surface area contributed by atoms with Gasteiger partial charge in [0.25, 0.3) is 0 Å². The van der Waals surface area contributed by atoms with Gasteiger partial charge in [0.05, 0.1) is 29.6 Å². The molecule has 2 aromatic heterocycles. The number of carbonyl (C=O) groups excluding carboxylic acids is 3. The average Bonchev–Trinajstić information content (AvgIpc) is 3.45. The second-order valence-corrected chi connectivity index (χ2v) is 9.61. The number of nitrogens with one attached hydrogen (secondary N) is 4. The van der Waals surface area contributed by atoms with E-state index in [1.807, 2.05) is 6.07 Å². The number of amides is 3. The van der Waals surface area contributed by atoms with Gasteiger partial charge in [-0.2, -0.15) is 18.4 Å². The van der Waals surface area contributed by atoms with Crippen molar-refractivity contribution in [2.45, 2.75) is 64.3 Å². The number of hydrogen-bond donors (Lipinski definition) is 4. The molecule has 1 saturated carbocycles. The molecule has 1 aliphatic carbocycles. The maximum Gasteiger partial charge on any atom is 0.471 e. The van der Waals surface area contributed by atoms with Crippen molar-refractivity contribution in [2.75, 3.05) is 0 Å². The standard InChI is InChI=1S/C22H26F3N7O3/c1-21(2,3)17(32-20(35)22(23,24)25)19(34)30-13(6-11-4-5-11)18(33)31-14(7-26)12-8-27-9-15-16(12)29-10-28-15/h8-11,13-14,17H,4-6H2,1-3H3,(H,28,29)(H,30,34)(H,31,33)(H,32,35). The van der Waals surface area contributed by atoms with Crippen molar-refractivity contribution >= 4 is 28.8 Å². The summed E-state index contributed by atoms with van der Waals surface area (Å²) < 4.78 is 38.4. The molecule has 0 saturated heterocycles. The van der Waals surface area contributed by atoms with Crippen LogP contribution in [0.25, 0.3) is 11.0 Å². The predicted molar refractivity (Wildman–Crippen MR) is 117 cm³/mol. The molecule has 1 aliphatic rings. The van der Waals surface area contributed by atoms with Crippen LogP contribution in [0.2, 0.25) is 0 Å². The van der Waals surface area contributed by atoms with Gasteiger partial charge in [-0.25, -0.2) is 4.98 Å². The maximum atomic E-state index is 13.1. The summed E-state index contributed by atoms with van der Waals surface area (Å²) in [5.41, 5.74) is 0.272. The third kappa shape index (κ3) is 6.46. The third-order valence-corrected chi connectivity index (χ3v) is 5.65. The highest BCUT2D eigenvalue weighted by Gasteiger charge is 2.44. The van der Waals surface area contributed by atoms with Crippen molar-refractivity contribution < 1.29 is 27.6 Å². The lowest BCUT2D eigenvalue weighted by Crippen LogP contribution is -2.59. The first-order valence-electron chi connectivity index (χ1n) is 11.0. The number of hydrogen-bond acceptors (Lipinski definition) is 6. The summed E-state index contributed by atoms with van der Waals surface area (Å²) in [5.74, 6) is -3.71. The van der Waals surface area contributed by atoms with E-state index in [-0.39, 0.29) is 12.3 Å². The molecule has 0 spiro atoms. The fourth-order valence-electron chi connectivity index (χ4n) is 3.58. The number of halogens is 3. The highest BCUT2D eigenvalue weighted by atomic mass is 19.4. The minimum absolute atomic E-state index is 0.154. The van der Waals surface area contributed by atoms with Crippen LogP contribution in [-0.2, 0) is 14.4 Å². The number of H-pyrrole nitrogens is 1. The summed E-state index contributed by atoms with van der Waals surface area (Å²) in [4.78, 5) is 48.6. The van der Waals surface area contributed by atoms with Crippen LogP contribution in [0, 0.1) is 22.7 Å². The first-order valence-corrected chi connectivity index (χ1v) is 11.0. The maximum absolute atomic E-state index is 13.1. The number of nitriles is 1. The molecule has 0 bridgehead atoms. The Hall–Kier alpha value is -3.69. The van der Waals surface area contributed by atoms with Crippen molar-refractivity contribution in [2.24, 2.45) is 11.3 Å². The number of carbonyl (C=O) groups is 3. The fraction of sp³-hybridized carbons (Fsp3) is 0.545. The molecule has 188 valence electrons. The molecule has 1 fully saturated rings. The van der Waals surface area contributed by atoms with Gasteiger partial charge >= 0.3 is 12.1 Å². The summed E-state index contributed by atoms with van der Waals surface area (Å²) in [5, 5.41) is 16.5. The zero-order valence-corrected chi connectivity index (χ0v) is 19.4. The number of aromatic amines is 1. The van der Waals surface area contributed by atoms with E-state index in [1.54, 1.807) is 5.32 Å². The normalized spacial score (nSPS) is 16.6. The number of nitrogens with zero attached hydrogens (tertiary/aromatic N) is 3. The molecule has 3 amide bonds. The van der Waals surface area contributed by atoms with Gasteiger partial charge in [-0.05, 0) is 17.8 Å². The van der Waals surface area contributed by atoms with Gasteiger partial charge in [0, 0.05) is 11.8 Å². The van der Waals surface area contributed by atoms with Crippen molar-refractivity contribution in [1.82, 2.24) is 30.9 Å². The third-order valence-electron chi connectivity index (χ3n) is 5.65. The molecular weight excluding hydrogens is 467 g/mol. The Kier molecular flexibility index (Phi) is 7.33. The van der Waals surface area contributed by atoms with Gasteiger partial charge in [-0.3, -0.25) is 19.4 Å². The van der Waals surface area contributed by atoms with Gasteiger partial charge in [0.15, 0.2) is 0 Å². The van der Waals surface area contributed by atoms with E-state index in [0.29, 0.717) is 16.6 Å². The van der Waals surface area contributed by atoms with E-state index in [0.717, 1.165) is 12.8 Å². The fourth-order valence-corrected chi connectivity index (χ4v) is 3.58. The topological polar surface area (TPSA) is 153 Å². The number of pyridine rings is 1. The molecule has 35 heavy (non-hydrogen) atoms. The first-order chi connectivity index (χ1) is 16.3. The van der Waals surface area contributed by atoms with Crippen molar-refractivity contribution in [1.29, 1.82) is 5.26 Å². The Morgan fingerprint density at radius 2 is 1.83 bits per heavy atom. The van der Waals surface area contributed by atoms with Gasteiger partial charge in [-0.15, -0.1) is 0 Å². The summed E-state index contributed by atoms with van der Waals surface area (Å²) >= 11 is 0. The van der Waals surface area contributed by atoms with E-state index >= 15 is 0 Å². The molecule has 0 radical (unpaired) electrons. The Bertz CT molecular complexity index is 1150. The quantitative estimate of drug-likeness (QED) is 0.441. The Morgan fingerprint density at radius 1 is 1.14 bits per heavy atom. The summed E-state index contributed by atoms with van der Waals surface area (Å²) in [7, 11) is 0. The minimum atomic E-state index is -5.17. The molecule has 0 aliphatic heterocycles. The predicted octanol–water partition coefficient (Wildman–Crippen LogP) is 2.02. The molecule has 0 aromatic carbocycles. The molecule has 4 N–H and O–H groups in total. The van der Waals surface area contributed by atoms with E-state index in [9.17, 15) is 32.8 Å². The summed E-state index contributed by atoms with van der Waals surface area (Å²) in [6.45, 7) is 4.48. The van der Waals surface area contributed by atoms with Gasteiger partial charge in [-0.1, -0.05) is 33.6 Å². The van der Waals surface area contributed by atoms with Crippen LogP contribution in [0.5, 0.6) is 0 Å². The highest BCUT2D eigenvalue weighted by molar-refractivity contribution is 5.94. The van der Waals surface area contributed by atoms with Crippen LogP contribution in [0.3, 0.4) is 0 Å². The van der Waals surface area contributed by atoms with Crippen LogP contribution < -0.4 is 16.0 Å². The molecule has 10 nitrogen and oxygen atoms in total. The average molecular weight is 493 g/mol. The van der Waals surface area contributed by atoms with Crippen LogP contribution in [0.15, 0.2) is 18.7 Å². The lowest BCUT2D eigenvalue weighted by molar-refractivity contribution is -0.175. The van der Waals surface area contributed by atoms with E-state index in [2.05, 4.69) is 25.6 Å². The molecule has 2 heterocycles. The molecule has 2 aromatic rings. The summed E-state index contributed by atoms with van der Waals surface area (Å²) in [6, 6.07) is -1.83. The van der Waals surface area contributed by atoms with Crippen molar-refractivity contribution in [3.8, 4) is 6.07 Å². The van der Waals surface area contributed by atoms with Gasteiger partial charge < -0.3 is 20.9 Å². The second-order valence-electron chi connectivity index (χ2n) is 9.61. The van der Waals surface area contributed by atoms with Crippen LogP contribution in [-0.4, -0.2) is 50.9 Å². The Morgan fingerprint density at radius 3 is 2.40 bits per heavy atom. The number of imidazole rings is 1. The Balaban J connectivity index is 1.79. The largest absolute Gasteiger partial charge is 0.471 e. The van der Waals surface area contributed by atoms with E-state index in [4.69, 9.17) is 0 Å². The second kappa shape index (κ2) is 9.89. The van der Waals surface area contributed by atoms with Crippen LogP contribution in [0.1, 0.15) is 51.6 Å². The van der Waals surface area contributed by atoms with Crippen molar-refractivity contribution in [3.63, 3.8) is 0 Å².